The van der Waals surface area contributed by atoms with E-state index >= 15 is 0 Å². The van der Waals surface area contributed by atoms with Crippen LogP contribution in [-0.4, -0.2) is 32.0 Å². The summed E-state index contributed by atoms with van der Waals surface area (Å²) in [5, 5.41) is 19.5. The van der Waals surface area contributed by atoms with E-state index < -0.39 is 17.6 Å². The molecule has 2 heterocycles. The number of halogens is 4. The van der Waals surface area contributed by atoms with Crippen molar-refractivity contribution in [1.29, 1.82) is 0 Å². The Balaban J connectivity index is 1.84. The number of pyridine rings is 1. The molecule has 1 aromatic carbocycles. The highest BCUT2D eigenvalue weighted by Crippen LogP contribution is 2.32. The lowest BCUT2D eigenvalue weighted by Gasteiger charge is -2.10. The molecule has 0 radical (unpaired) electrons. The summed E-state index contributed by atoms with van der Waals surface area (Å²) in [5.74, 6) is -1.79. The smallest absolute Gasteiger partial charge is 0.411 e. The molecule has 3 aromatic rings. The fraction of sp³-hybridized carbons (Fsp3) is 0.167. The lowest BCUT2D eigenvalue weighted by molar-refractivity contribution is -0.140. The van der Waals surface area contributed by atoms with Gasteiger partial charge in [-0.05, 0) is 35.0 Å². The van der Waals surface area contributed by atoms with Crippen molar-refractivity contribution in [2.24, 2.45) is 5.16 Å². The molecular formula is C18H12F4N4O3. The van der Waals surface area contributed by atoms with Crippen LogP contribution in [0.25, 0.3) is 0 Å². The average Bonchev–Trinajstić information content (AvgIpc) is 3.15. The van der Waals surface area contributed by atoms with Crippen molar-refractivity contribution in [3.8, 4) is 0 Å². The SMILES string of the molecule is O=C(Cc1nonc1/C(Cc1ccc(F)c(C(F)(F)F)c1)=N/O)c1cccnc1. The largest absolute Gasteiger partial charge is 0.419 e. The fourth-order valence-electron chi connectivity index (χ4n) is 2.58. The van der Waals surface area contributed by atoms with Crippen molar-refractivity contribution in [1.82, 2.24) is 15.3 Å². The third-order valence-electron chi connectivity index (χ3n) is 3.97. The summed E-state index contributed by atoms with van der Waals surface area (Å²) in [4.78, 5) is 16.1. The van der Waals surface area contributed by atoms with Crippen LogP contribution in [0.15, 0.2) is 52.5 Å². The molecule has 0 saturated heterocycles. The molecule has 0 saturated carbocycles. The molecule has 0 spiro atoms. The summed E-state index contributed by atoms with van der Waals surface area (Å²) in [7, 11) is 0. The molecule has 0 aliphatic carbocycles. The number of benzene rings is 1. The van der Waals surface area contributed by atoms with E-state index in [1.807, 2.05) is 0 Å². The molecule has 0 aliphatic rings. The number of rotatable bonds is 6. The zero-order valence-electron chi connectivity index (χ0n) is 14.5. The van der Waals surface area contributed by atoms with Crippen molar-refractivity contribution in [3.63, 3.8) is 0 Å². The summed E-state index contributed by atoms with van der Waals surface area (Å²) >= 11 is 0. The second-order valence-electron chi connectivity index (χ2n) is 5.94. The lowest BCUT2D eigenvalue weighted by atomic mass is 10.0. The van der Waals surface area contributed by atoms with Gasteiger partial charge < -0.3 is 5.21 Å². The maximum absolute atomic E-state index is 13.4. The number of Topliss-reactive ketones (excluding diaryl/α,β-unsaturated/α-hetero) is 1. The van der Waals surface area contributed by atoms with E-state index in [9.17, 15) is 27.6 Å². The lowest BCUT2D eigenvalue weighted by Crippen LogP contribution is -2.14. The minimum absolute atomic E-state index is 0.0130. The summed E-state index contributed by atoms with van der Waals surface area (Å²) in [6.07, 6.45) is -2.63. The predicted molar refractivity (Wildman–Crippen MR) is 90.0 cm³/mol. The Kier molecular flexibility index (Phi) is 5.66. The molecular weight excluding hydrogens is 396 g/mol. The van der Waals surface area contributed by atoms with Gasteiger partial charge in [-0.25, -0.2) is 9.02 Å². The number of hydrogen-bond acceptors (Lipinski definition) is 7. The van der Waals surface area contributed by atoms with Gasteiger partial charge in [0.05, 0.1) is 12.0 Å². The molecule has 0 fully saturated rings. The summed E-state index contributed by atoms with van der Waals surface area (Å²) in [5.41, 5.74) is -1.39. The van der Waals surface area contributed by atoms with Gasteiger partial charge in [-0.1, -0.05) is 16.4 Å². The summed E-state index contributed by atoms with van der Waals surface area (Å²) in [6.45, 7) is 0. The van der Waals surface area contributed by atoms with E-state index in [2.05, 4.69) is 25.1 Å². The number of ketones is 1. The maximum atomic E-state index is 13.4. The van der Waals surface area contributed by atoms with E-state index in [-0.39, 0.29) is 41.3 Å². The van der Waals surface area contributed by atoms with Gasteiger partial charge in [0.1, 0.15) is 17.2 Å². The predicted octanol–water partition coefficient (Wildman–Crippen LogP) is 3.47. The van der Waals surface area contributed by atoms with Crippen LogP contribution < -0.4 is 0 Å². The third-order valence-corrected chi connectivity index (χ3v) is 3.97. The number of carbonyl (C=O) groups is 1. The quantitative estimate of drug-likeness (QED) is 0.220. The van der Waals surface area contributed by atoms with Crippen LogP contribution >= 0.6 is 0 Å². The summed E-state index contributed by atoms with van der Waals surface area (Å²) < 4.78 is 56.7. The van der Waals surface area contributed by atoms with Gasteiger partial charge in [0.15, 0.2) is 11.5 Å². The minimum atomic E-state index is -4.88. The molecule has 3 rings (SSSR count). The first-order valence-electron chi connectivity index (χ1n) is 8.11. The van der Waals surface area contributed by atoms with Crippen LogP contribution in [0.3, 0.4) is 0 Å². The molecule has 7 nitrogen and oxygen atoms in total. The van der Waals surface area contributed by atoms with Gasteiger partial charge in [-0.2, -0.15) is 13.2 Å². The molecule has 29 heavy (non-hydrogen) atoms. The molecule has 2 aromatic heterocycles. The molecule has 0 unspecified atom stereocenters. The number of carbonyl (C=O) groups excluding carboxylic acids is 1. The van der Waals surface area contributed by atoms with E-state index in [0.717, 1.165) is 6.07 Å². The van der Waals surface area contributed by atoms with Gasteiger partial charge in [-0.15, -0.1) is 0 Å². The number of hydrogen-bond donors (Lipinski definition) is 1. The van der Waals surface area contributed by atoms with E-state index in [4.69, 9.17) is 0 Å². The number of oxime groups is 1. The minimum Gasteiger partial charge on any atom is -0.411 e. The second-order valence-corrected chi connectivity index (χ2v) is 5.94. The van der Waals surface area contributed by atoms with E-state index in [1.165, 1.54) is 12.4 Å². The van der Waals surface area contributed by atoms with Crippen LogP contribution in [0.1, 0.15) is 32.9 Å². The van der Waals surface area contributed by atoms with Crippen molar-refractivity contribution in [3.05, 3.63) is 76.6 Å². The molecule has 0 atom stereocenters. The van der Waals surface area contributed by atoms with Gasteiger partial charge in [0.2, 0.25) is 0 Å². The van der Waals surface area contributed by atoms with Gasteiger partial charge in [0, 0.05) is 24.4 Å². The molecule has 11 heteroatoms. The van der Waals surface area contributed by atoms with Crippen LogP contribution in [0, 0.1) is 5.82 Å². The van der Waals surface area contributed by atoms with Crippen LogP contribution in [0.2, 0.25) is 0 Å². The second kappa shape index (κ2) is 8.17. The van der Waals surface area contributed by atoms with Gasteiger partial charge >= 0.3 is 6.18 Å². The van der Waals surface area contributed by atoms with Gasteiger partial charge in [-0.3, -0.25) is 9.78 Å². The Labute approximate surface area is 160 Å². The van der Waals surface area contributed by atoms with Crippen LogP contribution in [0.5, 0.6) is 0 Å². The Bertz CT molecular complexity index is 1050. The Morgan fingerprint density at radius 2 is 1.97 bits per heavy atom. The van der Waals surface area contributed by atoms with Crippen molar-refractivity contribution in [2.75, 3.05) is 0 Å². The Morgan fingerprint density at radius 3 is 2.62 bits per heavy atom. The third kappa shape index (κ3) is 4.62. The zero-order chi connectivity index (χ0) is 21.0. The zero-order valence-corrected chi connectivity index (χ0v) is 14.5. The van der Waals surface area contributed by atoms with Gasteiger partial charge in [0.25, 0.3) is 0 Å². The number of alkyl halides is 3. The number of aromatic nitrogens is 3. The highest BCUT2D eigenvalue weighted by molar-refractivity contribution is 6.03. The standard InChI is InChI=1S/C18H12F4N4O3/c19-13-4-3-10(6-12(13)18(20,21)22)7-14(24-28)17-15(25-29-26-17)8-16(27)11-2-1-5-23-9-11/h1-6,9,28H,7-8H2/b24-14+. The Hall–Kier alpha value is -3.63. The molecule has 1 N–H and O–H groups in total. The van der Waals surface area contributed by atoms with Crippen molar-refractivity contribution in [2.45, 2.75) is 19.0 Å². The topological polar surface area (TPSA) is 101 Å². The highest BCUT2D eigenvalue weighted by atomic mass is 19.4. The first-order chi connectivity index (χ1) is 13.8. The average molecular weight is 408 g/mol. The maximum Gasteiger partial charge on any atom is 0.419 e. The van der Waals surface area contributed by atoms with Crippen molar-refractivity contribution < 1.29 is 32.2 Å². The first kappa shape index (κ1) is 20.1. The van der Waals surface area contributed by atoms with E-state index in [0.29, 0.717) is 17.7 Å². The normalized spacial score (nSPS) is 12.2. The monoisotopic (exact) mass is 408 g/mol. The van der Waals surface area contributed by atoms with Crippen LogP contribution in [0.4, 0.5) is 17.6 Å². The van der Waals surface area contributed by atoms with Crippen molar-refractivity contribution >= 4 is 11.5 Å². The Morgan fingerprint density at radius 1 is 1.17 bits per heavy atom. The number of nitrogens with zero attached hydrogens (tertiary/aromatic N) is 4. The molecule has 0 bridgehead atoms. The highest BCUT2D eigenvalue weighted by Gasteiger charge is 2.34. The first-order valence-corrected chi connectivity index (χ1v) is 8.11. The molecule has 0 amide bonds. The molecule has 150 valence electrons. The van der Waals surface area contributed by atoms with E-state index in [1.54, 1.807) is 12.1 Å². The molecule has 0 aliphatic heterocycles. The fourth-order valence-corrected chi connectivity index (χ4v) is 2.58. The van der Waals surface area contributed by atoms with Crippen LogP contribution in [-0.2, 0) is 19.0 Å². The summed E-state index contributed by atoms with van der Waals surface area (Å²) in [6, 6.07) is 5.50.